The summed E-state index contributed by atoms with van der Waals surface area (Å²) in [6.45, 7) is 0. The van der Waals surface area contributed by atoms with Gasteiger partial charge in [0.25, 0.3) is 0 Å². The van der Waals surface area contributed by atoms with E-state index in [0.29, 0.717) is 10.7 Å². The first-order valence-electron chi connectivity index (χ1n) is 10.1. The number of anilines is 1. The second-order valence-corrected chi connectivity index (χ2v) is 12.2. The molecule has 9 heteroatoms. The van der Waals surface area contributed by atoms with Gasteiger partial charge in [-0.15, -0.1) is 0 Å². The number of nitrogens with zero attached hydrogens (tertiary/aromatic N) is 1. The van der Waals surface area contributed by atoms with Crippen molar-refractivity contribution in [1.29, 1.82) is 0 Å². The van der Waals surface area contributed by atoms with E-state index in [0.717, 1.165) is 11.1 Å². The van der Waals surface area contributed by atoms with Gasteiger partial charge in [0.1, 0.15) is 5.03 Å². The van der Waals surface area contributed by atoms with E-state index in [-0.39, 0.29) is 9.79 Å². The third kappa shape index (κ3) is 5.22. The first kappa shape index (κ1) is 23.7. The van der Waals surface area contributed by atoms with Crippen LogP contribution in [0.2, 0.25) is 0 Å². The molecule has 1 aromatic heterocycles. The summed E-state index contributed by atoms with van der Waals surface area (Å²) in [5.74, 6) is 0. The monoisotopic (exact) mass is 508 g/mol. The average Bonchev–Trinajstić information content (AvgIpc) is 2.86. The molecule has 4 rings (SSSR count). The van der Waals surface area contributed by atoms with E-state index in [1.165, 1.54) is 36.0 Å². The van der Waals surface area contributed by atoms with E-state index >= 15 is 0 Å². The van der Waals surface area contributed by atoms with E-state index in [1.54, 1.807) is 54.7 Å². The van der Waals surface area contributed by atoms with Crippen LogP contribution in [0.25, 0.3) is 0 Å². The normalized spacial score (nSPS) is 11.5. The van der Waals surface area contributed by atoms with Crippen molar-refractivity contribution in [2.75, 3.05) is 5.32 Å². The lowest BCUT2D eigenvalue weighted by molar-refractivity contribution is 0.595. The van der Waals surface area contributed by atoms with Gasteiger partial charge in [-0.25, -0.2) is 21.8 Å². The van der Waals surface area contributed by atoms with Crippen molar-refractivity contribution in [2.24, 2.45) is 0 Å². The van der Waals surface area contributed by atoms with E-state index in [2.05, 4.69) is 10.3 Å². The molecule has 0 saturated carbocycles. The Morgan fingerprint density at radius 1 is 0.676 bits per heavy atom. The van der Waals surface area contributed by atoms with Crippen LogP contribution in [0, 0.1) is 0 Å². The van der Waals surface area contributed by atoms with Gasteiger partial charge in [-0.1, -0.05) is 66.4 Å². The average molecular weight is 509 g/mol. The largest absolute Gasteiger partial charge is 0.358 e. The van der Waals surface area contributed by atoms with Crippen LogP contribution in [-0.2, 0) is 19.7 Å². The third-order valence-corrected chi connectivity index (χ3v) is 10.1. The van der Waals surface area contributed by atoms with Crippen LogP contribution < -0.4 is 5.32 Å². The second-order valence-electron chi connectivity index (χ2n) is 7.01. The van der Waals surface area contributed by atoms with Crippen molar-refractivity contribution in [1.82, 2.24) is 4.98 Å². The number of sulfone groups is 2. The number of pyridine rings is 1. The van der Waals surface area contributed by atoms with Crippen LogP contribution in [0.3, 0.4) is 0 Å². The van der Waals surface area contributed by atoms with E-state index < -0.39 is 23.9 Å². The number of nitrogens with one attached hydrogen (secondary N) is 1. The van der Waals surface area contributed by atoms with Gasteiger partial charge in [-0.3, -0.25) is 0 Å². The zero-order chi connectivity index (χ0) is 24.0. The molecule has 34 heavy (non-hydrogen) atoms. The van der Waals surface area contributed by atoms with Gasteiger partial charge in [-0.2, -0.15) is 0 Å². The molecule has 0 unspecified atom stereocenters. The van der Waals surface area contributed by atoms with Gasteiger partial charge in [0.15, 0.2) is 4.24 Å². The minimum absolute atomic E-state index is 0.118. The predicted molar refractivity (Wildman–Crippen MR) is 134 cm³/mol. The first-order valence-corrected chi connectivity index (χ1v) is 13.9. The Morgan fingerprint density at radius 3 is 1.71 bits per heavy atom. The number of hydrogen-bond acceptors (Lipinski definition) is 7. The van der Waals surface area contributed by atoms with Crippen LogP contribution in [-0.4, -0.2) is 21.8 Å². The summed E-state index contributed by atoms with van der Waals surface area (Å²) in [5, 5.41) is 3.45. The highest BCUT2D eigenvalue weighted by molar-refractivity contribution is 8.14. The third-order valence-electron chi connectivity index (χ3n) is 4.71. The number of benzene rings is 3. The Bertz CT molecular complexity index is 1430. The zero-order valence-corrected chi connectivity index (χ0v) is 20.2. The molecule has 1 heterocycles. The van der Waals surface area contributed by atoms with Crippen molar-refractivity contribution in [3.8, 4) is 0 Å². The summed E-state index contributed by atoms with van der Waals surface area (Å²) in [5.41, 5.74) is 0.473. The Hall–Kier alpha value is -3.40. The maximum absolute atomic E-state index is 13.4. The molecule has 0 amide bonds. The molecule has 0 aliphatic heterocycles. The lowest BCUT2D eigenvalue weighted by Crippen LogP contribution is -2.16. The highest BCUT2D eigenvalue weighted by Gasteiger charge is 2.33. The zero-order valence-electron chi connectivity index (χ0n) is 17.8. The van der Waals surface area contributed by atoms with Gasteiger partial charge >= 0.3 is 0 Å². The molecular formula is C25H20N2O4S3. The lowest BCUT2D eigenvalue weighted by Gasteiger charge is -2.13. The van der Waals surface area contributed by atoms with Gasteiger partial charge < -0.3 is 5.32 Å². The maximum atomic E-state index is 13.4. The quantitative estimate of drug-likeness (QED) is 0.341. The molecule has 3 aromatic carbocycles. The van der Waals surface area contributed by atoms with E-state index in [9.17, 15) is 16.8 Å². The summed E-state index contributed by atoms with van der Waals surface area (Å²) < 4.78 is 53.0. The summed E-state index contributed by atoms with van der Waals surface area (Å²) in [4.78, 5) is 5.06. The number of aromatic nitrogens is 1. The topological polar surface area (TPSA) is 93.2 Å². The Balaban J connectivity index is 1.79. The van der Waals surface area contributed by atoms with Crippen LogP contribution in [0.4, 0.5) is 5.69 Å². The first-order chi connectivity index (χ1) is 16.4. The molecule has 6 nitrogen and oxygen atoms in total. The number of hydrogen-bond donors (Lipinski definition) is 1. The van der Waals surface area contributed by atoms with Gasteiger partial charge in [0.05, 0.1) is 15.5 Å². The summed E-state index contributed by atoms with van der Waals surface area (Å²) in [6.07, 6.45) is 2.64. The smallest absolute Gasteiger partial charge is 0.219 e. The molecule has 0 saturated heterocycles. The van der Waals surface area contributed by atoms with Crippen LogP contribution >= 0.6 is 11.8 Å². The van der Waals surface area contributed by atoms with E-state index in [4.69, 9.17) is 0 Å². The fraction of sp³-hybridized carbons (Fsp3) is 0. The molecule has 0 aliphatic carbocycles. The van der Waals surface area contributed by atoms with Gasteiger partial charge in [0.2, 0.25) is 19.7 Å². The highest BCUT2D eigenvalue weighted by atomic mass is 32.3. The molecule has 0 atom stereocenters. The molecule has 0 radical (unpaired) electrons. The lowest BCUT2D eigenvalue weighted by atomic mass is 10.4. The molecule has 1 N–H and O–H groups in total. The maximum Gasteiger partial charge on any atom is 0.219 e. The highest BCUT2D eigenvalue weighted by Crippen LogP contribution is 2.33. The molecule has 0 aliphatic rings. The SMILES string of the molecule is O=S(=O)(C(=CNc1cccnc1Sc1ccccc1)S(=O)(=O)c1ccccc1)c1ccccc1. The minimum atomic E-state index is -4.37. The molecule has 4 aromatic rings. The fourth-order valence-electron chi connectivity index (χ4n) is 3.05. The van der Waals surface area contributed by atoms with Crippen LogP contribution in [0.1, 0.15) is 0 Å². The Kier molecular flexibility index (Phi) is 7.16. The van der Waals surface area contributed by atoms with Gasteiger partial charge in [0, 0.05) is 17.3 Å². The van der Waals surface area contributed by atoms with Crippen LogP contribution in [0.15, 0.2) is 139 Å². The summed E-state index contributed by atoms with van der Waals surface area (Å²) in [7, 11) is -8.73. The van der Waals surface area contributed by atoms with Gasteiger partial charge in [-0.05, 0) is 48.5 Å². The molecule has 172 valence electrons. The molecular weight excluding hydrogens is 488 g/mol. The fourth-order valence-corrected chi connectivity index (χ4v) is 7.57. The molecule has 0 fully saturated rings. The summed E-state index contributed by atoms with van der Waals surface area (Å²) >= 11 is 1.37. The van der Waals surface area contributed by atoms with Crippen molar-refractivity contribution >= 4 is 37.1 Å². The van der Waals surface area contributed by atoms with Crippen molar-refractivity contribution in [3.63, 3.8) is 0 Å². The minimum Gasteiger partial charge on any atom is -0.358 e. The Morgan fingerprint density at radius 2 is 1.18 bits per heavy atom. The van der Waals surface area contributed by atoms with Crippen LogP contribution in [0.5, 0.6) is 0 Å². The van der Waals surface area contributed by atoms with Crippen molar-refractivity contribution < 1.29 is 16.8 Å². The van der Waals surface area contributed by atoms with Crippen molar-refractivity contribution in [2.45, 2.75) is 19.7 Å². The molecule has 0 bridgehead atoms. The van der Waals surface area contributed by atoms with E-state index in [1.807, 2.05) is 30.3 Å². The number of rotatable bonds is 8. The predicted octanol–water partition coefficient (Wildman–Crippen LogP) is 5.39. The Labute approximate surface area is 203 Å². The standard InChI is InChI=1S/C25H20N2O4S3/c28-33(29,21-13-6-2-7-14-21)24(34(30,31)22-15-8-3-9-16-22)19-27-23-17-10-18-26-25(23)32-20-11-4-1-5-12-20/h1-19,27H. The molecule has 0 spiro atoms. The van der Waals surface area contributed by atoms with Crippen molar-refractivity contribution in [3.05, 3.63) is 120 Å². The summed E-state index contributed by atoms with van der Waals surface area (Å²) in [6, 6.07) is 27.9. The second kappa shape index (κ2) is 10.3.